The van der Waals surface area contributed by atoms with Crippen LogP contribution in [0.15, 0.2) is 18.2 Å². The number of carbonyl (C=O) groups excluding carboxylic acids is 1. The highest BCUT2D eigenvalue weighted by Crippen LogP contribution is 2.38. The van der Waals surface area contributed by atoms with Crippen molar-refractivity contribution in [2.45, 2.75) is 43.9 Å². The summed E-state index contributed by atoms with van der Waals surface area (Å²) < 4.78 is 38.8. The van der Waals surface area contributed by atoms with Crippen LogP contribution < -0.4 is 16.4 Å². The molecule has 4 nitrogen and oxygen atoms in total. The molecule has 1 fully saturated rings. The number of hydrogen-bond acceptors (Lipinski definition) is 2. The van der Waals surface area contributed by atoms with Gasteiger partial charge in [0.1, 0.15) is 0 Å². The van der Waals surface area contributed by atoms with Crippen molar-refractivity contribution in [3.8, 4) is 0 Å². The van der Waals surface area contributed by atoms with Crippen LogP contribution in [0.2, 0.25) is 5.02 Å². The molecule has 1 saturated carbocycles. The van der Waals surface area contributed by atoms with Crippen LogP contribution in [0, 0.1) is 0 Å². The summed E-state index contributed by atoms with van der Waals surface area (Å²) in [5.74, 6) is 0. The predicted octanol–water partition coefficient (Wildman–Crippen LogP) is 3.75. The summed E-state index contributed by atoms with van der Waals surface area (Å²) in [4.78, 5) is 12.0. The lowest BCUT2D eigenvalue weighted by atomic mass is 9.91. The van der Waals surface area contributed by atoms with Crippen molar-refractivity contribution in [1.29, 1.82) is 0 Å². The van der Waals surface area contributed by atoms with Gasteiger partial charge in [0.25, 0.3) is 0 Å². The average molecular weight is 336 g/mol. The largest absolute Gasteiger partial charge is 0.418 e. The van der Waals surface area contributed by atoms with Crippen molar-refractivity contribution in [3.05, 3.63) is 28.8 Å². The molecule has 2 rings (SSSR count). The number of rotatable bonds is 2. The first-order valence-corrected chi connectivity index (χ1v) is 7.35. The van der Waals surface area contributed by atoms with E-state index in [1.165, 1.54) is 12.1 Å². The Labute approximate surface area is 131 Å². The van der Waals surface area contributed by atoms with Crippen molar-refractivity contribution < 1.29 is 18.0 Å². The van der Waals surface area contributed by atoms with Gasteiger partial charge >= 0.3 is 12.2 Å². The van der Waals surface area contributed by atoms with Gasteiger partial charge in [0, 0.05) is 12.1 Å². The van der Waals surface area contributed by atoms with Crippen molar-refractivity contribution >= 4 is 23.3 Å². The maximum atomic E-state index is 12.9. The monoisotopic (exact) mass is 335 g/mol. The highest BCUT2D eigenvalue weighted by Gasteiger charge is 2.35. The summed E-state index contributed by atoms with van der Waals surface area (Å²) in [5, 5.41) is 4.65. The standard InChI is InChI=1S/C14H17ClF3N3O/c15-9-5-3-4-8(14(16,17)18)12(9)21-13(22)20-11-7-2-1-6-10(11)19/h3-5,10-11H,1-2,6-7,19H2,(H2,20,21,22)/t10-,11-/m1/s1. The Balaban J connectivity index is 2.11. The van der Waals surface area contributed by atoms with Gasteiger partial charge < -0.3 is 16.4 Å². The minimum Gasteiger partial charge on any atom is -0.334 e. The second-order valence-electron chi connectivity index (χ2n) is 5.31. The lowest BCUT2D eigenvalue weighted by Gasteiger charge is -2.29. The predicted molar refractivity (Wildman–Crippen MR) is 78.8 cm³/mol. The normalized spacial score (nSPS) is 22.2. The molecule has 2 amide bonds. The van der Waals surface area contributed by atoms with Crippen LogP contribution in [-0.4, -0.2) is 18.1 Å². The van der Waals surface area contributed by atoms with Crippen LogP contribution >= 0.6 is 11.6 Å². The second-order valence-corrected chi connectivity index (χ2v) is 5.72. The summed E-state index contributed by atoms with van der Waals surface area (Å²) in [6, 6.07) is 2.18. The zero-order chi connectivity index (χ0) is 16.3. The molecule has 1 aromatic rings. The van der Waals surface area contributed by atoms with Crippen molar-refractivity contribution in [1.82, 2.24) is 5.32 Å². The molecule has 0 spiro atoms. The molecule has 0 heterocycles. The van der Waals surface area contributed by atoms with Gasteiger partial charge in [-0.05, 0) is 25.0 Å². The minimum atomic E-state index is -4.60. The topological polar surface area (TPSA) is 67.1 Å². The molecule has 0 bridgehead atoms. The Morgan fingerprint density at radius 3 is 2.59 bits per heavy atom. The summed E-state index contributed by atoms with van der Waals surface area (Å²) >= 11 is 5.78. The van der Waals surface area contributed by atoms with Crippen LogP contribution in [0.4, 0.5) is 23.7 Å². The molecule has 1 aromatic carbocycles. The fourth-order valence-corrected chi connectivity index (χ4v) is 2.77. The number of alkyl halides is 3. The molecule has 0 radical (unpaired) electrons. The van der Waals surface area contributed by atoms with Crippen LogP contribution in [0.5, 0.6) is 0 Å². The van der Waals surface area contributed by atoms with E-state index in [-0.39, 0.29) is 17.1 Å². The number of amides is 2. The van der Waals surface area contributed by atoms with Gasteiger partial charge in [0.15, 0.2) is 0 Å². The third-order valence-electron chi connectivity index (χ3n) is 3.69. The van der Waals surface area contributed by atoms with Gasteiger partial charge in [0.2, 0.25) is 0 Å². The fraction of sp³-hybridized carbons (Fsp3) is 0.500. The number of benzene rings is 1. The molecular formula is C14H17ClF3N3O. The number of urea groups is 1. The number of carbonyl (C=O) groups is 1. The summed E-state index contributed by atoms with van der Waals surface area (Å²) in [5.41, 5.74) is 4.47. The van der Waals surface area contributed by atoms with E-state index in [2.05, 4.69) is 10.6 Å². The molecule has 0 unspecified atom stereocenters. The zero-order valence-electron chi connectivity index (χ0n) is 11.7. The van der Waals surface area contributed by atoms with E-state index in [0.717, 1.165) is 25.3 Å². The van der Waals surface area contributed by atoms with Crippen LogP contribution in [0.25, 0.3) is 0 Å². The molecule has 1 aliphatic rings. The maximum Gasteiger partial charge on any atom is 0.418 e. The molecule has 22 heavy (non-hydrogen) atoms. The maximum absolute atomic E-state index is 12.9. The molecule has 4 N–H and O–H groups in total. The van der Waals surface area contributed by atoms with Crippen LogP contribution in [0.1, 0.15) is 31.2 Å². The van der Waals surface area contributed by atoms with Gasteiger partial charge in [-0.2, -0.15) is 13.2 Å². The zero-order valence-corrected chi connectivity index (χ0v) is 12.5. The Morgan fingerprint density at radius 2 is 1.95 bits per heavy atom. The van der Waals surface area contributed by atoms with Gasteiger partial charge in [-0.15, -0.1) is 0 Å². The van der Waals surface area contributed by atoms with Crippen LogP contribution in [-0.2, 0) is 6.18 Å². The first-order chi connectivity index (χ1) is 10.3. The van der Waals surface area contributed by atoms with Crippen molar-refractivity contribution in [2.24, 2.45) is 5.73 Å². The number of nitrogens with one attached hydrogen (secondary N) is 2. The van der Waals surface area contributed by atoms with Crippen molar-refractivity contribution in [2.75, 3.05) is 5.32 Å². The summed E-state index contributed by atoms with van der Waals surface area (Å²) in [6.45, 7) is 0. The van der Waals surface area contributed by atoms with E-state index in [1.807, 2.05) is 0 Å². The molecule has 1 aliphatic carbocycles. The lowest BCUT2D eigenvalue weighted by Crippen LogP contribution is -2.50. The third-order valence-corrected chi connectivity index (χ3v) is 4.01. The number of nitrogens with two attached hydrogens (primary N) is 1. The average Bonchev–Trinajstić information content (AvgIpc) is 2.42. The quantitative estimate of drug-likeness (QED) is 0.770. The minimum absolute atomic E-state index is 0.169. The molecule has 122 valence electrons. The van der Waals surface area contributed by atoms with Gasteiger partial charge in [0.05, 0.1) is 16.3 Å². The lowest BCUT2D eigenvalue weighted by molar-refractivity contribution is -0.136. The molecule has 0 saturated heterocycles. The van der Waals surface area contributed by atoms with Crippen molar-refractivity contribution in [3.63, 3.8) is 0 Å². The highest BCUT2D eigenvalue weighted by molar-refractivity contribution is 6.33. The first-order valence-electron chi connectivity index (χ1n) is 6.98. The van der Waals surface area contributed by atoms with E-state index >= 15 is 0 Å². The number of halogens is 4. The van der Waals surface area contributed by atoms with Crippen LogP contribution in [0.3, 0.4) is 0 Å². The SMILES string of the molecule is N[C@@H]1CCCC[C@H]1NC(=O)Nc1c(Cl)cccc1C(F)(F)F. The van der Waals surface area contributed by atoms with E-state index in [9.17, 15) is 18.0 Å². The van der Waals surface area contributed by atoms with E-state index in [1.54, 1.807) is 0 Å². The number of hydrogen-bond donors (Lipinski definition) is 3. The van der Waals surface area contributed by atoms with Gasteiger partial charge in [-0.1, -0.05) is 30.5 Å². The fourth-order valence-electron chi connectivity index (χ4n) is 2.54. The van der Waals surface area contributed by atoms with E-state index in [4.69, 9.17) is 17.3 Å². The smallest absolute Gasteiger partial charge is 0.334 e. The van der Waals surface area contributed by atoms with Gasteiger partial charge in [-0.3, -0.25) is 0 Å². The Hall–Kier alpha value is -1.47. The Morgan fingerprint density at radius 1 is 1.27 bits per heavy atom. The molecular weight excluding hydrogens is 319 g/mol. The summed E-state index contributed by atoms with van der Waals surface area (Å²) in [7, 11) is 0. The summed E-state index contributed by atoms with van der Waals surface area (Å²) in [6.07, 6.45) is -1.19. The number of para-hydroxylation sites is 1. The second kappa shape index (κ2) is 6.75. The van der Waals surface area contributed by atoms with E-state index < -0.39 is 23.5 Å². The molecule has 0 aliphatic heterocycles. The Bertz CT molecular complexity index is 551. The van der Waals surface area contributed by atoms with Gasteiger partial charge in [-0.25, -0.2) is 4.79 Å². The molecule has 8 heteroatoms. The molecule has 0 aromatic heterocycles. The van der Waals surface area contributed by atoms with E-state index in [0.29, 0.717) is 6.42 Å². The first kappa shape index (κ1) is 16.9. The molecule has 2 atom stereocenters. The highest BCUT2D eigenvalue weighted by atomic mass is 35.5. The third kappa shape index (κ3) is 4.04. The Kier molecular flexibility index (Phi) is 5.18. The number of anilines is 1.